The second-order valence-corrected chi connectivity index (χ2v) is 9.02. The van der Waals surface area contributed by atoms with Gasteiger partial charge in [-0.15, -0.1) is 11.3 Å². The number of nitrogens with one attached hydrogen (secondary N) is 2. The van der Waals surface area contributed by atoms with Crippen molar-refractivity contribution in [3.63, 3.8) is 0 Å². The van der Waals surface area contributed by atoms with Crippen molar-refractivity contribution in [1.29, 1.82) is 0 Å². The number of esters is 1. The SMILES string of the molecule is CCOC(=O)c1c(NC(=O)CCC[NH+]2CCOCC2)sc2c1CC(C)(C)OC2. The number of fused-ring (bicyclic) bond motifs is 1. The average molecular weight is 412 g/mol. The number of hydrogen-bond donors (Lipinski definition) is 2. The summed E-state index contributed by atoms with van der Waals surface area (Å²) in [5, 5.41) is 3.55. The van der Waals surface area contributed by atoms with Gasteiger partial charge in [-0.2, -0.15) is 0 Å². The van der Waals surface area contributed by atoms with E-state index in [0.29, 0.717) is 36.6 Å². The number of rotatable bonds is 7. The number of carbonyl (C=O) groups excluding carboxylic acids is 2. The molecule has 1 aromatic heterocycles. The second-order valence-electron chi connectivity index (χ2n) is 7.92. The van der Waals surface area contributed by atoms with Gasteiger partial charge in [-0.25, -0.2) is 4.79 Å². The quantitative estimate of drug-likeness (QED) is 0.664. The molecular weight excluding hydrogens is 380 g/mol. The first-order valence-electron chi connectivity index (χ1n) is 10.1. The largest absolute Gasteiger partial charge is 0.462 e. The lowest BCUT2D eigenvalue weighted by atomic mass is 9.93. The molecular formula is C20H31N2O5S+. The summed E-state index contributed by atoms with van der Waals surface area (Å²) in [6.07, 6.45) is 1.89. The molecule has 0 bridgehead atoms. The third-order valence-corrected chi connectivity index (χ3v) is 6.27. The zero-order valence-corrected chi connectivity index (χ0v) is 17.8. The van der Waals surface area contributed by atoms with Crippen LogP contribution in [0.3, 0.4) is 0 Å². The van der Waals surface area contributed by atoms with Crippen LogP contribution in [0.4, 0.5) is 5.00 Å². The van der Waals surface area contributed by atoms with Crippen LogP contribution in [0, 0.1) is 0 Å². The highest BCUT2D eigenvalue weighted by molar-refractivity contribution is 7.17. The Kier molecular flexibility index (Phi) is 7.09. The van der Waals surface area contributed by atoms with E-state index in [9.17, 15) is 9.59 Å². The first-order chi connectivity index (χ1) is 13.4. The van der Waals surface area contributed by atoms with E-state index < -0.39 is 0 Å². The molecule has 0 atom stereocenters. The summed E-state index contributed by atoms with van der Waals surface area (Å²) in [5.41, 5.74) is 1.12. The number of quaternary nitrogens is 1. The second kappa shape index (κ2) is 9.35. The maximum absolute atomic E-state index is 12.6. The van der Waals surface area contributed by atoms with Crippen LogP contribution >= 0.6 is 11.3 Å². The minimum Gasteiger partial charge on any atom is -0.462 e. The number of carbonyl (C=O) groups is 2. The lowest BCUT2D eigenvalue weighted by molar-refractivity contribution is -0.908. The van der Waals surface area contributed by atoms with Crippen molar-refractivity contribution in [3.05, 3.63) is 16.0 Å². The third kappa shape index (κ3) is 5.31. The van der Waals surface area contributed by atoms with Gasteiger partial charge in [-0.1, -0.05) is 0 Å². The number of hydrogen-bond acceptors (Lipinski definition) is 6. The molecule has 0 unspecified atom stereocenters. The lowest BCUT2D eigenvalue weighted by Gasteiger charge is -2.30. The number of morpholine rings is 1. The van der Waals surface area contributed by atoms with E-state index in [1.165, 1.54) is 16.2 Å². The van der Waals surface area contributed by atoms with Crippen LogP contribution in [-0.4, -0.2) is 56.9 Å². The fraction of sp³-hybridized carbons (Fsp3) is 0.700. The van der Waals surface area contributed by atoms with Crippen LogP contribution in [0.5, 0.6) is 0 Å². The molecule has 0 spiro atoms. The summed E-state index contributed by atoms with van der Waals surface area (Å²) >= 11 is 1.43. The minimum absolute atomic E-state index is 0.0583. The van der Waals surface area contributed by atoms with E-state index >= 15 is 0 Å². The van der Waals surface area contributed by atoms with Gasteiger partial charge >= 0.3 is 5.97 Å². The average Bonchev–Trinajstić information content (AvgIpc) is 2.98. The Morgan fingerprint density at radius 1 is 1.29 bits per heavy atom. The van der Waals surface area contributed by atoms with Gasteiger partial charge in [0.2, 0.25) is 5.91 Å². The number of amides is 1. The maximum atomic E-state index is 12.6. The van der Waals surface area contributed by atoms with Crippen molar-refractivity contribution in [2.24, 2.45) is 0 Å². The number of anilines is 1. The van der Waals surface area contributed by atoms with Gasteiger partial charge in [0.15, 0.2) is 0 Å². The van der Waals surface area contributed by atoms with Crippen LogP contribution in [0.15, 0.2) is 0 Å². The van der Waals surface area contributed by atoms with Crippen molar-refractivity contribution in [3.8, 4) is 0 Å². The molecule has 156 valence electrons. The maximum Gasteiger partial charge on any atom is 0.341 e. The van der Waals surface area contributed by atoms with E-state index in [-0.39, 0.29) is 17.5 Å². The van der Waals surface area contributed by atoms with Crippen molar-refractivity contribution in [1.82, 2.24) is 0 Å². The summed E-state index contributed by atoms with van der Waals surface area (Å²) in [7, 11) is 0. The van der Waals surface area contributed by atoms with E-state index in [2.05, 4.69) is 5.32 Å². The molecule has 1 saturated heterocycles. The Labute approximate surface area is 170 Å². The number of thiophene rings is 1. The van der Waals surface area contributed by atoms with E-state index in [1.54, 1.807) is 6.92 Å². The zero-order chi connectivity index (χ0) is 20.1. The van der Waals surface area contributed by atoms with Gasteiger partial charge in [0.25, 0.3) is 0 Å². The Balaban J connectivity index is 1.66. The molecule has 3 heterocycles. The van der Waals surface area contributed by atoms with Gasteiger partial charge in [0, 0.05) is 24.1 Å². The van der Waals surface area contributed by atoms with Crippen LogP contribution in [0.25, 0.3) is 0 Å². The molecule has 8 heteroatoms. The smallest absolute Gasteiger partial charge is 0.341 e. The van der Waals surface area contributed by atoms with Crippen molar-refractivity contribution < 1.29 is 28.7 Å². The molecule has 1 aromatic rings. The van der Waals surface area contributed by atoms with Crippen molar-refractivity contribution in [2.45, 2.75) is 52.2 Å². The zero-order valence-electron chi connectivity index (χ0n) is 17.0. The molecule has 0 aromatic carbocycles. The monoisotopic (exact) mass is 411 g/mol. The molecule has 2 N–H and O–H groups in total. The van der Waals surface area contributed by atoms with E-state index in [0.717, 1.165) is 49.7 Å². The summed E-state index contributed by atoms with van der Waals surface area (Å²) in [5.74, 6) is -0.428. The Hall–Kier alpha value is -1.48. The highest BCUT2D eigenvalue weighted by Gasteiger charge is 2.34. The van der Waals surface area contributed by atoms with Crippen LogP contribution < -0.4 is 10.2 Å². The molecule has 2 aliphatic heterocycles. The predicted octanol–water partition coefficient (Wildman–Crippen LogP) is 1.41. The first kappa shape index (κ1) is 21.2. The standard InChI is InChI=1S/C20H30N2O5S/c1-4-26-19(24)17-14-12-20(2,3)27-13-15(14)28-18(17)21-16(23)6-5-7-22-8-10-25-11-9-22/h4-13H2,1-3H3,(H,21,23)/p+1. The number of ether oxygens (including phenoxy) is 3. The van der Waals surface area contributed by atoms with Crippen LogP contribution in [0.2, 0.25) is 0 Å². The van der Waals surface area contributed by atoms with Gasteiger partial charge in [-0.3, -0.25) is 4.79 Å². The Morgan fingerprint density at radius 3 is 2.75 bits per heavy atom. The molecule has 1 fully saturated rings. The fourth-order valence-electron chi connectivity index (χ4n) is 3.66. The molecule has 0 saturated carbocycles. The van der Waals surface area contributed by atoms with Gasteiger partial charge < -0.3 is 24.4 Å². The van der Waals surface area contributed by atoms with Gasteiger partial charge in [0.05, 0.1) is 44.1 Å². The molecule has 0 radical (unpaired) electrons. The molecule has 0 aliphatic carbocycles. The van der Waals surface area contributed by atoms with Gasteiger partial charge in [-0.05, 0) is 26.3 Å². The predicted molar refractivity (Wildman–Crippen MR) is 107 cm³/mol. The minimum atomic E-state index is -0.370. The van der Waals surface area contributed by atoms with Crippen LogP contribution in [0.1, 0.15) is 54.4 Å². The van der Waals surface area contributed by atoms with Gasteiger partial charge in [0.1, 0.15) is 18.1 Å². The molecule has 1 amide bonds. The molecule has 7 nitrogen and oxygen atoms in total. The topological polar surface area (TPSA) is 78.3 Å². The van der Waals surface area contributed by atoms with Crippen molar-refractivity contribution in [2.75, 3.05) is 44.8 Å². The summed E-state index contributed by atoms with van der Waals surface area (Å²) in [6, 6.07) is 0. The lowest BCUT2D eigenvalue weighted by Crippen LogP contribution is -3.14. The highest BCUT2D eigenvalue weighted by atomic mass is 32.1. The molecule has 2 aliphatic rings. The Bertz CT molecular complexity index is 710. The summed E-state index contributed by atoms with van der Waals surface area (Å²) < 4.78 is 16.5. The fourth-order valence-corrected chi connectivity index (χ4v) is 4.79. The Morgan fingerprint density at radius 2 is 2.04 bits per heavy atom. The van der Waals surface area contributed by atoms with E-state index in [4.69, 9.17) is 14.2 Å². The highest BCUT2D eigenvalue weighted by Crippen LogP contribution is 2.40. The summed E-state index contributed by atoms with van der Waals surface area (Å²) in [6.45, 7) is 11.1. The molecule has 28 heavy (non-hydrogen) atoms. The molecule has 3 rings (SSSR count). The van der Waals surface area contributed by atoms with E-state index in [1.807, 2.05) is 13.8 Å². The normalized spacial score (nSPS) is 19.1. The van der Waals surface area contributed by atoms with Crippen molar-refractivity contribution >= 4 is 28.2 Å². The first-order valence-corrected chi connectivity index (χ1v) is 10.9. The summed E-state index contributed by atoms with van der Waals surface area (Å²) in [4.78, 5) is 27.6. The van der Waals surface area contributed by atoms with Crippen LogP contribution in [-0.2, 0) is 32.0 Å². The third-order valence-electron chi connectivity index (χ3n) is 5.15.